The third-order valence-electron chi connectivity index (χ3n) is 3.46. The Kier molecular flexibility index (Phi) is 4.03. The number of nitrogens with one attached hydrogen (secondary N) is 1. The summed E-state index contributed by atoms with van der Waals surface area (Å²) in [6, 6.07) is 0.0847. The molecule has 104 valence electrons. The van der Waals surface area contributed by atoms with Crippen molar-refractivity contribution in [3.8, 4) is 0 Å². The summed E-state index contributed by atoms with van der Waals surface area (Å²) in [4.78, 5) is 30.7. The number of piperidine rings is 1. The number of aromatic nitrogens is 2. The molecule has 0 aromatic carbocycles. The summed E-state index contributed by atoms with van der Waals surface area (Å²) in [6.45, 7) is 0.755. The van der Waals surface area contributed by atoms with Gasteiger partial charge in [-0.1, -0.05) is 0 Å². The summed E-state index contributed by atoms with van der Waals surface area (Å²) in [7, 11) is 0. The van der Waals surface area contributed by atoms with Crippen molar-refractivity contribution in [2.45, 2.75) is 38.1 Å². The standard InChI is InChI=1S/C12H18N4O3/c13-10-11(14-7-15-12(10)19)16-6-2-1-3-8(16)4-5-9(17)18/h7-8H,1-6,13H2,(H,17,18)(H,14,15,19). The summed E-state index contributed by atoms with van der Waals surface area (Å²) in [5, 5.41) is 8.79. The zero-order chi connectivity index (χ0) is 13.8. The highest BCUT2D eigenvalue weighted by Crippen LogP contribution is 2.27. The molecule has 1 aromatic rings. The first-order valence-corrected chi connectivity index (χ1v) is 6.41. The van der Waals surface area contributed by atoms with E-state index < -0.39 is 5.97 Å². The maximum absolute atomic E-state index is 11.5. The van der Waals surface area contributed by atoms with Crippen molar-refractivity contribution in [3.05, 3.63) is 16.7 Å². The van der Waals surface area contributed by atoms with Crippen LogP contribution in [0.4, 0.5) is 11.5 Å². The zero-order valence-corrected chi connectivity index (χ0v) is 10.6. The van der Waals surface area contributed by atoms with E-state index in [-0.39, 0.29) is 23.7 Å². The summed E-state index contributed by atoms with van der Waals surface area (Å²) in [5.41, 5.74) is 5.51. The molecule has 4 N–H and O–H groups in total. The molecule has 2 rings (SSSR count). The predicted octanol–water partition coefficient (Wildman–Crippen LogP) is 0.576. The van der Waals surface area contributed by atoms with E-state index in [1.807, 2.05) is 4.90 Å². The van der Waals surface area contributed by atoms with Crippen LogP contribution >= 0.6 is 0 Å². The summed E-state index contributed by atoms with van der Waals surface area (Å²) < 4.78 is 0. The van der Waals surface area contributed by atoms with E-state index in [0.29, 0.717) is 12.2 Å². The van der Waals surface area contributed by atoms with E-state index in [4.69, 9.17) is 10.8 Å². The first-order chi connectivity index (χ1) is 9.09. The zero-order valence-electron chi connectivity index (χ0n) is 10.6. The second-order valence-electron chi connectivity index (χ2n) is 4.74. The SMILES string of the molecule is Nc1c(N2CCCCC2CCC(=O)O)nc[nH]c1=O. The second-order valence-corrected chi connectivity index (χ2v) is 4.74. The molecule has 0 aliphatic carbocycles. The van der Waals surface area contributed by atoms with Gasteiger partial charge in [-0.3, -0.25) is 9.59 Å². The van der Waals surface area contributed by atoms with Crippen LogP contribution in [-0.4, -0.2) is 33.6 Å². The number of carboxylic acids is 1. The molecule has 1 saturated heterocycles. The van der Waals surface area contributed by atoms with Crippen LogP contribution in [0.15, 0.2) is 11.1 Å². The first kappa shape index (κ1) is 13.4. The lowest BCUT2D eigenvalue weighted by Gasteiger charge is -2.36. The van der Waals surface area contributed by atoms with Gasteiger partial charge in [0.15, 0.2) is 5.82 Å². The molecular weight excluding hydrogens is 248 g/mol. The van der Waals surface area contributed by atoms with E-state index in [0.717, 1.165) is 25.8 Å². The average molecular weight is 266 g/mol. The van der Waals surface area contributed by atoms with Crippen molar-refractivity contribution in [1.82, 2.24) is 9.97 Å². The molecule has 0 saturated carbocycles. The van der Waals surface area contributed by atoms with E-state index in [1.54, 1.807) is 0 Å². The van der Waals surface area contributed by atoms with Gasteiger partial charge in [-0.05, 0) is 25.7 Å². The van der Waals surface area contributed by atoms with E-state index >= 15 is 0 Å². The molecule has 7 heteroatoms. The molecule has 0 radical (unpaired) electrons. The number of hydrogen-bond donors (Lipinski definition) is 3. The van der Waals surface area contributed by atoms with E-state index in [2.05, 4.69) is 9.97 Å². The second kappa shape index (κ2) is 5.73. The monoisotopic (exact) mass is 266 g/mol. The number of carboxylic acid groups (broad SMARTS) is 1. The highest BCUT2D eigenvalue weighted by molar-refractivity contribution is 5.67. The Morgan fingerprint density at radius 3 is 3.11 bits per heavy atom. The number of nitrogen functional groups attached to an aromatic ring is 1. The van der Waals surface area contributed by atoms with Crippen LogP contribution in [0.5, 0.6) is 0 Å². The molecule has 0 spiro atoms. The number of aliphatic carboxylic acids is 1. The summed E-state index contributed by atoms with van der Waals surface area (Å²) in [6.07, 6.45) is 4.95. The van der Waals surface area contributed by atoms with Crippen molar-refractivity contribution in [2.24, 2.45) is 0 Å². The van der Waals surface area contributed by atoms with Crippen LogP contribution in [0.2, 0.25) is 0 Å². The molecule has 1 aromatic heterocycles. The number of aromatic amines is 1. The van der Waals surface area contributed by atoms with Crippen LogP contribution in [0, 0.1) is 0 Å². The molecule has 1 fully saturated rings. The Hall–Kier alpha value is -2.05. The van der Waals surface area contributed by atoms with Gasteiger partial charge in [0.05, 0.1) is 6.33 Å². The molecule has 0 bridgehead atoms. The van der Waals surface area contributed by atoms with Gasteiger partial charge in [-0.2, -0.15) is 0 Å². The fourth-order valence-corrected chi connectivity index (χ4v) is 2.50. The average Bonchev–Trinajstić information content (AvgIpc) is 2.40. The third-order valence-corrected chi connectivity index (χ3v) is 3.46. The van der Waals surface area contributed by atoms with Gasteiger partial charge >= 0.3 is 5.97 Å². The summed E-state index contributed by atoms with van der Waals surface area (Å²) in [5.74, 6) is -0.337. The third kappa shape index (κ3) is 3.04. The Bertz CT molecular complexity index is 514. The lowest BCUT2D eigenvalue weighted by molar-refractivity contribution is -0.137. The number of rotatable bonds is 4. The topological polar surface area (TPSA) is 112 Å². The number of nitrogens with zero attached hydrogens (tertiary/aromatic N) is 2. The molecule has 0 amide bonds. The van der Waals surface area contributed by atoms with Crippen molar-refractivity contribution in [2.75, 3.05) is 17.2 Å². The Morgan fingerprint density at radius 2 is 2.37 bits per heavy atom. The number of carbonyl (C=O) groups is 1. The Morgan fingerprint density at radius 1 is 1.58 bits per heavy atom. The molecule has 2 heterocycles. The summed E-state index contributed by atoms with van der Waals surface area (Å²) >= 11 is 0. The van der Waals surface area contributed by atoms with E-state index in [1.165, 1.54) is 6.33 Å². The van der Waals surface area contributed by atoms with Crippen LogP contribution in [0.3, 0.4) is 0 Å². The molecule has 1 aliphatic rings. The van der Waals surface area contributed by atoms with E-state index in [9.17, 15) is 9.59 Å². The lowest BCUT2D eigenvalue weighted by atomic mass is 9.98. The minimum atomic E-state index is -0.808. The van der Waals surface area contributed by atoms with Gasteiger partial charge in [-0.25, -0.2) is 4.98 Å². The number of nitrogens with two attached hydrogens (primary N) is 1. The Balaban J connectivity index is 2.21. The molecular formula is C12H18N4O3. The van der Waals surface area contributed by atoms with Crippen molar-refractivity contribution < 1.29 is 9.90 Å². The van der Waals surface area contributed by atoms with Gasteiger partial charge in [0.25, 0.3) is 5.56 Å². The van der Waals surface area contributed by atoms with Crippen LogP contribution < -0.4 is 16.2 Å². The molecule has 1 atom stereocenters. The smallest absolute Gasteiger partial charge is 0.303 e. The molecule has 1 aliphatic heterocycles. The van der Waals surface area contributed by atoms with Gasteiger partial charge in [0.1, 0.15) is 5.69 Å². The molecule has 1 unspecified atom stereocenters. The fraction of sp³-hybridized carbons (Fsp3) is 0.583. The minimum absolute atomic E-state index is 0.0847. The maximum Gasteiger partial charge on any atom is 0.303 e. The predicted molar refractivity (Wildman–Crippen MR) is 71.1 cm³/mol. The molecule has 7 nitrogen and oxygen atoms in total. The van der Waals surface area contributed by atoms with Crippen molar-refractivity contribution in [3.63, 3.8) is 0 Å². The minimum Gasteiger partial charge on any atom is -0.481 e. The van der Waals surface area contributed by atoms with Crippen molar-refractivity contribution >= 4 is 17.5 Å². The normalized spacial score (nSPS) is 19.4. The highest BCUT2D eigenvalue weighted by atomic mass is 16.4. The number of H-pyrrole nitrogens is 1. The van der Waals surface area contributed by atoms with Gasteiger partial charge in [-0.15, -0.1) is 0 Å². The quantitative estimate of drug-likeness (QED) is 0.734. The van der Waals surface area contributed by atoms with Gasteiger partial charge < -0.3 is 20.7 Å². The van der Waals surface area contributed by atoms with Crippen LogP contribution in [-0.2, 0) is 4.79 Å². The maximum atomic E-state index is 11.5. The highest BCUT2D eigenvalue weighted by Gasteiger charge is 2.26. The number of hydrogen-bond acceptors (Lipinski definition) is 5. The van der Waals surface area contributed by atoms with Crippen molar-refractivity contribution in [1.29, 1.82) is 0 Å². The number of anilines is 2. The largest absolute Gasteiger partial charge is 0.481 e. The van der Waals surface area contributed by atoms with Gasteiger partial charge in [0, 0.05) is 19.0 Å². The van der Waals surface area contributed by atoms with Gasteiger partial charge in [0.2, 0.25) is 0 Å². The van der Waals surface area contributed by atoms with Crippen LogP contribution in [0.25, 0.3) is 0 Å². The molecule has 19 heavy (non-hydrogen) atoms. The first-order valence-electron chi connectivity index (χ1n) is 6.41. The van der Waals surface area contributed by atoms with Crippen LogP contribution in [0.1, 0.15) is 32.1 Å². The lowest BCUT2D eigenvalue weighted by Crippen LogP contribution is -2.41. The Labute approximate surface area is 110 Å². The fourth-order valence-electron chi connectivity index (χ4n) is 2.50.